The molecule has 0 fully saturated rings. The van der Waals surface area contributed by atoms with Crippen LogP contribution in [0.3, 0.4) is 0 Å². The number of nitrogens with one attached hydrogen (secondary N) is 1. The minimum atomic E-state index is 0.749. The molecule has 0 amide bonds. The smallest absolute Gasteiger partial charge is 0.107 e. The number of hydrogen-bond donors (Lipinski definition) is 2. The minimum Gasteiger partial charge on any atom is -0.469 e. The van der Waals surface area contributed by atoms with Crippen LogP contribution in [0.1, 0.15) is 24.7 Å². The number of nitrogens with two attached hydrogens (primary N) is 1. The first-order chi connectivity index (χ1) is 6.38. The van der Waals surface area contributed by atoms with Crippen molar-refractivity contribution >= 4 is 0 Å². The van der Waals surface area contributed by atoms with Gasteiger partial charge in [0, 0.05) is 18.5 Å². The Morgan fingerprint density at radius 2 is 2.38 bits per heavy atom. The summed E-state index contributed by atoms with van der Waals surface area (Å²) in [5, 5.41) is 3.32. The van der Waals surface area contributed by atoms with E-state index >= 15 is 0 Å². The summed E-state index contributed by atoms with van der Waals surface area (Å²) in [4.78, 5) is 0. The summed E-state index contributed by atoms with van der Waals surface area (Å²) in [6.07, 6.45) is 3.74. The van der Waals surface area contributed by atoms with Gasteiger partial charge in [-0.1, -0.05) is 6.92 Å². The van der Waals surface area contributed by atoms with Crippen LogP contribution < -0.4 is 11.1 Å². The third-order valence-corrected chi connectivity index (χ3v) is 2.03. The maximum atomic E-state index is 5.39. The van der Waals surface area contributed by atoms with Crippen LogP contribution in [0.5, 0.6) is 0 Å². The molecule has 0 saturated heterocycles. The van der Waals surface area contributed by atoms with Gasteiger partial charge in [0.1, 0.15) is 5.76 Å². The third kappa shape index (κ3) is 3.20. The molecule has 0 unspecified atom stereocenters. The first kappa shape index (κ1) is 10.3. The highest BCUT2D eigenvalue weighted by molar-refractivity contribution is 5.16. The summed E-state index contributed by atoms with van der Waals surface area (Å²) in [5.74, 6) is 1.08. The Morgan fingerprint density at radius 1 is 1.54 bits per heavy atom. The first-order valence-electron chi connectivity index (χ1n) is 4.84. The lowest BCUT2D eigenvalue weighted by Crippen LogP contribution is -2.17. The second kappa shape index (κ2) is 5.78. The molecule has 0 spiro atoms. The van der Waals surface area contributed by atoms with Crippen molar-refractivity contribution in [1.29, 1.82) is 0 Å². The predicted octanol–water partition coefficient (Wildman–Crippen LogP) is 1.28. The van der Waals surface area contributed by atoms with Gasteiger partial charge in [0.15, 0.2) is 0 Å². The highest BCUT2D eigenvalue weighted by atomic mass is 16.3. The molecular weight excluding hydrogens is 164 g/mol. The first-order valence-corrected chi connectivity index (χ1v) is 4.84. The maximum absolute atomic E-state index is 5.39. The average molecular weight is 182 g/mol. The van der Waals surface area contributed by atoms with Gasteiger partial charge in [-0.05, 0) is 25.6 Å². The summed E-state index contributed by atoms with van der Waals surface area (Å²) in [6.45, 7) is 4.71. The molecule has 3 N–H and O–H groups in total. The monoisotopic (exact) mass is 182 g/mol. The average Bonchev–Trinajstić information content (AvgIpc) is 2.60. The Labute approximate surface area is 79.3 Å². The highest BCUT2D eigenvalue weighted by Crippen LogP contribution is 2.10. The van der Waals surface area contributed by atoms with Crippen LogP contribution in [0, 0.1) is 0 Å². The summed E-state index contributed by atoms with van der Waals surface area (Å²) < 4.78 is 5.31. The summed E-state index contributed by atoms with van der Waals surface area (Å²) in [6, 6.07) is 2.02. The molecule has 0 aliphatic heterocycles. The van der Waals surface area contributed by atoms with Crippen LogP contribution in [0.4, 0.5) is 0 Å². The maximum Gasteiger partial charge on any atom is 0.107 e. The molecule has 0 saturated carbocycles. The molecule has 74 valence electrons. The van der Waals surface area contributed by atoms with Crippen molar-refractivity contribution in [3.05, 3.63) is 23.7 Å². The number of aryl methyl sites for hydroxylation is 1. The molecule has 0 aliphatic rings. The molecule has 0 aliphatic carbocycles. The van der Waals surface area contributed by atoms with Crippen molar-refractivity contribution in [3.63, 3.8) is 0 Å². The SMILES string of the molecule is CCc1occc1CNCCCN. The van der Waals surface area contributed by atoms with Crippen LogP contribution in [0.2, 0.25) is 0 Å². The van der Waals surface area contributed by atoms with E-state index in [0.717, 1.165) is 38.2 Å². The summed E-state index contributed by atoms with van der Waals surface area (Å²) in [5.41, 5.74) is 6.65. The topological polar surface area (TPSA) is 51.2 Å². The van der Waals surface area contributed by atoms with E-state index in [2.05, 4.69) is 12.2 Å². The Bertz CT molecular complexity index is 233. The van der Waals surface area contributed by atoms with Crippen molar-refractivity contribution in [2.45, 2.75) is 26.3 Å². The molecule has 0 aromatic carbocycles. The van der Waals surface area contributed by atoms with Gasteiger partial charge in [-0.3, -0.25) is 0 Å². The molecular formula is C10H18N2O. The summed E-state index contributed by atoms with van der Waals surface area (Å²) in [7, 11) is 0. The van der Waals surface area contributed by atoms with E-state index in [1.165, 1.54) is 5.56 Å². The Hall–Kier alpha value is -0.800. The van der Waals surface area contributed by atoms with Crippen LogP contribution in [0.25, 0.3) is 0 Å². The van der Waals surface area contributed by atoms with Gasteiger partial charge < -0.3 is 15.5 Å². The zero-order chi connectivity index (χ0) is 9.52. The molecule has 1 aromatic heterocycles. The van der Waals surface area contributed by atoms with E-state index in [1.807, 2.05) is 6.07 Å². The Morgan fingerprint density at radius 3 is 3.08 bits per heavy atom. The molecule has 1 heterocycles. The van der Waals surface area contributed by atoms with Crippen LogP contribution in [0.15, 0.2) is 16.7 Å². The lowest BCUT2D eigenvalue weighted by molar-refractivity contribution is 0.507. The molecule has 3 nitrogen and oxygen atoms in total. The van der Waals surface area contributed by atoms with Crippen molar-refractivity contribution in [3.8, 4) is 0 Å². The van der Waals surface area contributed by atoms with E-state index in [0.29, 0.717) is 0 Å². The van der Waals surface area contributed by atoms with Crippen LogP contribution >= 0.6 is 0 Å². The van der Waals surface area contributed by atoms with Crippen molar-refractivity contribution < 1.29 is 4.42 Å². The van der Waals surface area contributed by atoms with Gasteiger partial charge >= 0.3 is 0 Å². The minimum absolute atomic E-state index is 0.749. The van der Waals surface area contributed by atoms with Gasteiger partial charge in [-0.2, -0.15) is 0 Å². The molecule has 3 heteroatoms. The van der Waals surface area contributed by atoms with Crippen LogP contribution in [-0.2, 0) is 13.0 Å². The number of furan rings is 1. The van der Waals surface area contributed by atoms with Gasteiger partial charge in [-0.25, -0.2) is 0 Å². The van der Waals surface area contributed by atoms with Gasteiger partial charge in [0.2, 0.25) is 0 Å². The quantitative estimate of drug-likeness (QED) is 0.652. The summed E-state index contributed by atoms with van der Waals surface area (Å²) >= 11 is 0. The zero-order valence-corrected chi connectivity index (χ0v) is 8.18. The normalized spacial score (nSPS) is 10.6. The Kier molecular flexibility index (Phi) is 4.57. The van der Waals surface area contributed by atoms with E-state index < -0.39 is 0 Å². The van der Waals surface area contributed by atoms with Crippen LogP contribution in [-0.4, -0.2) is 13.1 Å². The van der Waals surface area contributed by atoms with Gasteiger partial charge in [-0.15, -0.1) is 0 Å². The molecule has 1 aromatic rings. The van der Waals surface area contributed by atoms with E-state index in [9.17, 15) is 0 Å². The number of rotatable bonds is 6. The Balaban J connectivity index is 2.27. The third-order valence-electron chi connectivity index (χ3n) is 2.03. The van der Waals surface area contributed by atoms with E-state index in [4.69, 9.17) is 10.2 Å². The second-order valence-corrected chi connectivity index (χ2v) is 3.04. The molecule has 0 radical (unpaired) electrons. The lowest BCUT2D eigenvalue weighted by atomic mass is 10.2. The van der Waals surface area contributed by atoms with E-state index in [-0.39, 0.29) is 0 Å². The molecule has 0 bridgehead atoms. The molecule has 13 heavy (non-hydrogen) atoms. The highest BCUT2D eigenvalue weighted by Gasteiger charge is 2.02. The largest absolute Gasteiger partial charge is 0.469 e. The standard InChI is InChI=1S/C10H18N2O/c1-2-10-9(4-7-13-10)8-12-6-3-5-11/h4,7,12H,2-3,5-6,8,11H2,1H3. The number of hydrogen-bond acceptors (Lipinski definition) is 3. The van der Waals surface area contributed by atoms with Crippen molar-refractivity contribution in [2.24, 2.45) is 5.73 Å². The predicted molar refractivity (Wildman–Crippen MR) is 53.5 cm³/mol. The zero-order valence-electron chi connectivity index (χ0n) is 8.18. The van der Waals surface area contributed by atoms with Gasteiger partial charge in [0.05, 0.1) is 6.26 Å². The molecule has 1 rings (SSSR count). The van der Waals surface area contributed by atoms with Gasteiger partial charge in [0.25, 0.3) is 0 Å². The van der Waals surface area contributed by atoms with Crippen molar-refractivity contribution in [1.82, 2.24) is 5.32 Å². The van der Waals surface area contributed by atoms with Crippen molar-refractivity contribution in [2.75, 3.05) is 13.1 Å². The lowest BCUT2D eigenvalue weighted by Gasteiger charge is -2.02. The fourth-order valence-electron chi connectivity index (χ4n) is 1.28. The fraction of sp³-hybridized carbons (Fsp3) is 0.600. The molecule has 0 atom stereocenters. The second-order valence-electron chi connectivity index (χ2n) is 3.04. The fourth-order valence-corrected chi connectivity index (χ4v) is 1.28. The van der Waals surface area contributed by atoms with E-state index in [1.54, 1.807) is 6.26 Å².